The summed E-state index contributed by atoms with van der Waals surface area (Å²) in [6.45, 7) is 4.04. The topological polar surface area (TPSA) is 30.5 Å². The van der Waals surface area contributed by atoms with Gasteiger partial charge in [-0.3, -0.25) is 0 Å². The minimum absolute atomic E-state index is 0.373. The Morgan fingerprint density at radius 3 is 3.05 bits per heavy atom. The second-order valence-electron chi connectivity index (χ2n) is 6.60. The minimum Gasteiger partial charge on any atom is -0.493 e. The van der Waals surface area contributed by atoms with E-state index in [-0.39, 0.29) is 0 Å². The Balaban J connectivity index is 1.68. The number of nitrogens with one attached hydrogen (secondary N) is 1. The predicted molar refractivity (Wildman–Crippen MR) is 82.7 cm³/mol. The van der Waals surface area contributed by atoms with Gasteiger partial charge in [0.2, 0.25) is 0 Å². The fourth-order valence-corrected chi connectivity index (χ4v) is 4.40. The fraction of sp³-hybridized carbons (Fsp3) is 0.667. The molecule has 114 valence electrons. The van der Waals surface area contributed by atoms with Gasteiger partial charge in [0.1, 0.15) is 5.75 Å². The summed E-state index contributed by atoms with van der Waals surface area (Å²) in [5.41, 5.74) is 2.74. The highest BCUT2D eigenvalue weighted by Crippen LogP contribution is 2.47. The van der Waals surface area contributed by atoms with E-state index in [1.165, 1.54) is 30.4 Å². The zero-order chi connectivity index (χ0) is 14.2. The van der Waals surface area contributed by atoms with E-state index in [9.17, 15) is 0 Å². The summed E-state index contributed by atoms with van der Waals surface area (Å²) in [7, 11) is 0. The van der Waals surface area contributed by atoms with Gasteiger partial charge in [0.25, 0.3) is 0 Å². The van der Waals surface area contributed by atoms with Gasteiger partial charge in [-0.15, -0.1) is 0 Å². The molecular weight excluding hydrogens is 262 g/mol. The second kappa shape index (κ2) is 5.62. The molecule has 4 unspecified atom stereocenters. The fourth-order valence-electron chi connectivity index (χ4n) is 4.40. The summed E-state index contributed by atoms with van der Waals surface area (Å²) in [4.78, 5) is 0. The zero-order valence-electron chi connectivity index (χ0n) is 12.8. The third kappa shape index (κ3) is 2.36. The van der Waals surface area contributed by atoms with Crippen LogP contribution in [0.4, 0.5) is 0 Å². The Kier molecular flexibility index (Phi) is 3.64. The average Bonchev–Trinajstić information content (AvgIpc) is 3.15. The SMILES string of the molecule is CCNC(c1cccc2c1OCCC2)C1CC2CCC1O2. The van der Waals surface area contributed by atoms with Crippen LogP contribution in [0.25, 0.3) is 0 Å². The molecule has 3 nitrogen and oxygen atoms in total. The number of benzene rings is 1. The molecule has 0 amide bonds. The quantitative estimate of drug-likeness (QED) is 0.922. The van der Waals surface area contributed by atoms with Crippen LogP contribution in [0.3, 0.4) is 0 Å². The van der Waals surface area contributed by atoms with Crippen molar-refractivity contribution in [1.29, 1.82) is 0 Å². The molecule has 0 aromatic heterocycles. The molecule has 2 bridgehead atoms. The van der Waals surface area contributed by atoms with Crippen LogP contribution in [0, 0.1) is 5.92 Å². The molecule has 3 aliphatic heterocycles. The highest BCUT2D eigenvalue weighted by atomic mass is 16.5. The number of aryl methyl sites for hydroxylation is 1. The maximum atomic E-state index is 6.10. The average molecular weight is 287 g/mol. The first-order valence-electron chi connectivity index (χ1n) is 8.50. The van der Waals surface area contributed by atoms with Gasteiger partial charge in [-0.05, 0) is 44.2 Å². The Morgan fingerprint density at radius 1 is 1.33 bits per heavy atom. The summed E-state index contributed by atoms with van der Waals surface area (Å²) >= 11 is 0. The Hall–Kier alpha value is -1.06. The van der Waals surface area contributed by atoms with Crippen molar-refractivity contribution in [3.8, 4) is 5.75 Å². The maximum absolute atomic E-state index is 6.10. The third-order valence-corrected chi connectivity index (χ3v) is 5.30. The summed E-state index contributed by atoms with van der Waals surface area (Å²) in [5, 5.41) is 3.72. The zero-order valence-corrected chi connectivity index (χ0v) is 12.8. The monoisotopic (exact) mass is 287 g/mol. The number of hydrogen-bond acceptors (Lipinski definition) is 3. The van der Waals surface area contributed by atoms with Gasteiger partial charge in [0.15, 0.2) is 0 Å². The molecule has 1 aromatic carbocycles. The second-order valence-corrected chi connectivity index (χ2v) is 6.60. The maximum Gasteiger partial charge on any atom is 0.127 e. The molecule has 2 fully saturated rings. The molecule has 21 heavy (non-hydrogen) atoms. The molecular formula is C18H25NO2. The lowest BCUT2D eigenvalue weighted by atomic mass is 9.80. The highest BCUT2D eigenvalue weighted by Gasteiger charge is 2.45. The van der Waals surface area contributed by atoms with Crippen molar-refractivity contribution in [2.75, 3.05) is 13.2 Å². The van der Waals surface area contributed by atoms with Crippen LogP contribution >= 0.6 is 0 Å². The van der Waals surface area contributed by atoms with E-state index in [1.807, 2.05) is 0 Å². The van der Waals surface area contributed by atoms with Crippen LogP contribution in [0.15, 0.2) is 18.2 Å². The molecule has 0 spiro atoms. The molecule has 0 radical (unpaired) electrons. The van der Waals surface area contributed by atoms with Gasteiger partial charge in [0, 0.05) is 17.5 Å². The molecule has 1 aromatic rings. The van der Waals surface area contributed by atoms with E-state index in [2.05, 4.69) is 30.4 Å². The van der Waals surface area contributed by atoms with Gasteiger partial charge >= 0.3 is 0 Å². The van der Waals surface area contributed by atoms with E-state index < -0.39 is 0 Å². The lowest BCUT2D eigenvalue weighted by Crippen LogP contribution is -2.34. The summed E-state index contributed by atoms with van der Waals surface area (Å²) in [6.07, 6.45) is 6.91. The normalized spacial score (nSPS) is 31.8. The number of hydrogen-bond donors (Lipinski definition) is 1. The van der Waals surface area contributed by atoms with Crippen molar-refractivity contribution in [1.82, 2.24) is 5.32 Å². The number of para-hydroxylation sites is 1. The summed E-state index contributed by atoms with van der Waals surface area (Å²) in [5.74, 6) is 1.75. The van der Waals surface area contributed by atoms with Gasteiger partial charge in [-0.2, -0.15) is 0 Å². The van der Waals surface area contributed by atoms with Crippen LogP contribution in [0.2, 0.25) is 0 Å². The van der Waals surface area contributed by atoms with Crippen molar-refractivity contribution < 1.29 is 9.47 Å². The highest BCUT2D eigenvalue weighted by molar-refractivity contribution is 5.45. The van der Waals surface area contributed by atoms with Crippen molar-refractivity contribution in [3.63, 3.8) is 0 Å². The number of rotatable bonds is 4. The molecule has 4 rings (SSSR count). The first-order chi connectivity index (χ1) is 10.4. The first-order valence-corrected chi connectivity index (χ1v) is 8.50. The standard InChI is InChI=1S/C18H25NO2/c1-2-19-17(15-11-13-8-9-16(15)21-13)14-7-3-5-12-6-4-10-20-18(12)14/h3,5,7,13,15-17,19H,2,4,6,8-11H2,1H3. The summed E-state index contributed by atoms with van der Waals surface area (Å²) < 4.78 is 12.1. The van der Waals surface area contributed by atoms with Gasteiger partial charge < -0.3 is 14.8 Å². The van der Waals surface area contributed by atoms with E-state index in [0.29, 0.717) is 24.2 Å². The van der Waals surface area contributed by atoms with Crippen LogP contribution in [0.5, 0.6) is 5.75 Å². The lowest BCUT2D eigenvalue weighted by Gasteiger charge is -2.32. The summed E-state index contributed by atoms with van der Waals surface area (Å²) in [6, 6.07) is 7.04. The largest absolute Gasteiger partial charge is 0.493 e. The van der Waals surface area contributed by atoms with E-state index in [4.69, 9.17) is 9.47 Å². The van der Waals surface area contributed by atoms with Gasteiger partial charge in [-0.25, -0.2) is 0 Å². The molecule has 0 saturated carbocycles. The van der Waals surface area contributed by atoms with E-state index in [0.717, 1.165) is 31.7 Å². The van der Waals surface area contributed by atoms with E-state index in [1.54, 1.807) is 0 Å². The molecule has 3 heterocycles. The lowest BCUT2D eigenvalue weighted by molar-refractivity contribution is 0.0855. The molecule has 3 heteroatoms. The molecule has 2 saturated heterocycles. The first kappa shape index (κ1) is 13.6. The molecule has 3 aliphatic rings. The molecule has 1 N–H and O–H groups in total. The van der Waals surface area contributed by atoms with Crippen molar-refractivity contribution in [3.05, 3.63) is 29.3 Å². The Labute approximate surface area is 127 Å². The third-order valence-electron chi connectivity index (χ3n) is 5.30. The Bertz CT molecular complexity index is 516. The van der Waals surface area contributed by atoms with Crippen LogP contribution in [0.1, 0.15) is 49.8 Å². The number of fused-ring (bicyclic) bond motifs is 3. The number of ether oxygens (including phenoxy) is 2. The minimum atomic E-state index is 0.373. The van der Waals surface area contributed by atoms with E-state index >= 15 is 0 Å². The molecule has 4 atom stereocenters. The van der Waals surface area contributed by atoms with Crippen LogP contribution in [-0.2, 0) is 11.2 Å². The van der Waals surface area contributed by atoms with Crippen LogP contribution < -0.4 is 10.1 Å². The molecule has 0 aliphatic carbocycles. The smallest absolute Gasteiger partial charge is 0.127 e. The Morgan fingerprint density at radius 2 is 2.29 bits per heavy atom. The van der Waals surface area contributed by atoms with Crippen molar-refractivity contribution in [2.24, 2.45) is 5.92 Å². The van der Waals surface area contributed by atoms with Crippen molar-refractivity contribution in [2.45, 2.75) is 57.3 Å². The van der Waals surface area contributed by atoms with Gasteiger partial charge in [0.05, 0.1) is 18.8 Å². The van der Waals surface area contributed by atoms with Crippen LogP contribution in [-0.4, -0.2) is 25.4 Å². The predicted octanol–water partition coefficient (Wildman–Crippen LogP) is 3.23. The van der Waals surface area contributed by atoms with Crippen molar-refractivity contribution >= 4 is 0 Å². The van der Waals surface area contributed by atoms with Gasteiger partial charge in [-0.1, -0.05) is 25.1 Å².